The summed E-state index contributed by atoms with van der Waals surface area (Å²) in [5, 5.41) is 2.49. The average Bonchev–Trinajstić information content (AvgIpc) is 3.05. The summed E-state index contributed by atoms with van der Waals surface area (Å²) >= 11 is 0. The van der Waals surface area contributed by atoms with Gasteiger partial charge in [0.1, 0.15) is 0 Å². The molecule has 0 saturated heterocycles. The quantitative estimate of drug-likeness (QED) is 0.231. The van der Waals surface area contributed by atoms with Crippen LogP contribution in [0.2, 0.25) is 0 Å². The number of hydrogen-bond donors (Lipinski definition) is 0. The van der Waals surface area contributed by atoms with E-state index < -0.39 is 0 Å². The van der Waals surface area contributed by atoms with Crippen LogP contribution >= 0.6 is 0 Å². The second kappa shape index (κ2) is 10.4. The summed E-state index contributed by atoms with van der Waals surface area (Å²) in [6.45, 7) is 0. The zero-order valence-electron chi connectivity index (χ0n) is 21.8. The lowest BCUT2D eigenvalue weighted by atomic mass is 9.94. The van der Waals surface area contributed by atoms with E-state index in [-0.39, 0.29) is 0 Å². The lowest BCUT2D eigenvalue weighted by Gasteiger charge is -2.13. The van der Waals surface area contributed by atoms with Crippen LogP contribution < -0.4 is 0 Å². The molecule has 3 nitrogen and oxygen atoms in total. The van der Waals surface area contributed by atoms with Crippen LogP contribution in [0.1, 0.15) is 0 Å². The van der Waals surface area contributed by atoms with Gasteiger partial charge in [-0.15, -0.1) is 0 Å². The molecule has 5 aromatic carbocycles. The Morgan fingerprint density at radius 2 is 1.12 bits per heavy atom. The Kier molecular flexibility index (Phi) is 6.15. The van der Waals surface area contributed by atoms with Crippen LogP contribution in [-0.4, -0.2) is 15.0 Å². The molecule has 0 amide bonds. The van der Waals surface area contributed by atoms with Gasteiger partial charge < -0.3 is 0 Å². The summed E-state index contributed by atoms with van der Waals surface area (Å²) in [4.78, 5) is 14.2. The first-order chi connectivity index (χ1) is 19.8. The van der Waals surface area contributed by atoms with E-state index in [2.05, 4.69) is 102 Å². The highest BCUT2D eigenvalue weighted by Gasteiger charge is 2.14. The number of aromatic nitrogens is 3. The number of rotatable bonds is 5. The minimum Gasteiger partial charge on any atom is -0.264 e. The van der Waals surface area contributed by atoms with Crippen LogP contribution in [0.15, 0.2) is 152 Å². The van der Waals surface area contributed by atoms with Gasteiger partial charge in [-0.3, -0.25) is 4.98 Å². The highest BCUT2D eigenvalue weighted by molar-refractivity contribution is 5.97. The number of nitrogens with zero attached hydrogens (tertiary/aromatic N) is 3. The molecule has 40 heavy (non-hydrogen) atoms. The monoisotopic (exact) mass is 511 g/mol. The van der Waals surface area contributed by atoms with Crippen molar-refractivity contribution in [1.82, 2.24) is 15.0 Å². The Balaban J connectivity index is 1.35. The molecule has 2 heterocycles. The van der Waals surface area contributed by atoms with Crippen molar-refractivity contribution in [3.8, 4) is 56.0 Å². The van der Waals surface area contributed by atoms with E-state index in [0.717, 1.165) is 39.1 Å². The van der Waals surface area contributed by atoms with Crippen molar-refractivity contribution in [3.63, 3.8) is 0 Å². The predicted molar refractivity (Wildman–Crippen MR) is 165 cm³/mol. The number of benzene rings is 5. The van der Waals surface area contributed by atoms with Crippen molar-refractivity contribution in [2.24, 2.45) is 0 Å². The maximum Gasteiger partial charge on any atom is 0.159 e. The summed E-state index contributed by atoms with van der Waals surface area (Å²) < 4.78 is 0. The summed E-state index contributed by atoms with van der Waals surface area (Å²) in [5.74, 6) is 0.709. The smallest absolute Gasteiger partial charge is 0.159 e. The van der Waals surface area contributed by atoms with Gasteiger partial charge >= 0.3 is 0 Å². The molecule has 0 spiro atoms. The molecule has 0 saturated carbocycles. The summed E-state index contributed by atoms with van der Waals surface area (Å²) in [6, 6.07) is 46.4. The lowest BCUT2D eigenvalue weighted by Crippen LogP contribution is -1.96. The summed E-state index contributed by atoms with van der Waals surface area (Å²) in [5.41, 5.74) is 9.58. The average molecular weight is 512 g/mol. The third-order valence-corrected chi connectivity index (χ3v) is 7.25. The molecule has 0 fully saturated rings. The van der Waals surface area contributed by atoms with E-state index in [1.165, 1.54) is 21.9 Å². The van der Waals surface area contributed by atoms with Crippen molar-refractivity contribution >= 4 is 10.8 Å². The molecule has 0 aliphatic rings. The molecular formula is C37H25N3. The van der Waals surface area contributed by atoms with Crippen molar-refractivity contribution in [2.75, 3.05) is 0 Å². The molecule has 0 aliphatic heterocycles. The van der Waals surface area contributed by atoms with Crippen LogP contribution in [0.4, 0.5) is 0 Å². The van der Waals surface area contributed by atoms with E-state index in [4.69, 9.17) is 9.97 Å². The molecule has 0 radical (unpaired) electrons. The van der Waals surface area contributed by atoms with Crippen molar-refractivity contribution in [2.45, 2.75) is 0 Å². The minimum absolute atomic E-state index is 0.709. The van der Waals surface area contributed by atoms with E-state index in [0.29, 0.717) is 5.82 Å². The molecule has 0 unspecified atom stereocenters. The van der Waals surface area contributed by atoms with Gasteiger partial charge in [0.2, 0.25) is 0 Å². The fraction of sp³-hybridized carbons (Fsp3) is 0. The van der Waals surface area contributed by atoms with Gasteiger partial charge in [-0.05, 0) is 45.2 Å². The Labute approximate surface area is 233 Å². The second-order valence-electron chi connectivity index (χ2n) is 9.75. The summed E-state index contributed by atoms with van der Waals surface area (Å²) in [6.07, 6.45) is 5.64. The van der Waals surface area contributed by atoms with E-state index >= 15 is 0 Å². The Bertz CT molecular complexity index is 1920. The number of pyridine rings is 1. The fourth-order valence-corrected chi connectivity index (χ4v) is 5.22. The van der Waals surface area contributed by atoms with Gasteiger partial charge in [0.15, 0.2) is 5.82 Å². The molecule has 0 bridgehead atoms. The Morgan fingerprint density at radius 1 is 0.425 bits per heavy atom. The molecule has 7 aromatic rings. The van der Waals surface area contributed by atoms with Gasteiger partial charge in [-0.1, -0.05) is 121 Å². The van der Waals surface area contributed by atoms with E-state index in [9.17, 15) is 0 Å². The topological polar surface area (TPSA) is 38.7 Å². The van der Waals surface area contributed by atoms with Gasteiger partial charge in [-0.2, -0.15) is 0 Å². The van der Waals surface area contributed by atoms with Gasteiger partial charge in [0.25, 0.3) is 0 Å². The third kappa shape index (κ3) is 4.55. The second-order valence-corrected chi connectivity index (χ2v) is 9.75. The van der Waals surface area contributed by atoms with E-state index in [1.54, 1.807) is 6.20 Å². The van der Waals surface area contributed by atoms with Gasteiger partial charge in [-0.25, -0.2) is 9.97 Å². The highest BCUT2D eigenvalue weighted by Crippen LogP contribution is 2.36. The van der Waals surface area contributed by atoms with Crippen molar-refractivity contribution in [1.29, 1.82) is 0 Å². The molecular weight excluding hydrogens is 486 g/mol. The van der Waals surface area contributed by atoms with Crippen LogP contribution in [0.25, 0.3) is 66.8 Å². The molecule has 0 atom stereocenters. The first kappa shape index (κ1) is 23.7. The normalized spacial score (nSPS) is 11.0. The number of fused-ring (bicyclic) bond motifs is 1. The van der Waals surface area contributed by atoms with Gasteiger partial charge in [0.05, 0.1) is 5.69 Å². The molecule has 3 heteroatoms. The molecule has 0 aliphatic carbocycles. The fourth-order valence-electron chi connectivity index (χ4n) is 5.22. The van der Waals surface area contributed by atoms with Crippen molar-refractivity contribution < 1.29 is 0 Å². The van der Waals surface area contributed by atoms with Crippen molar-refractivity contribution in [3.05, 3.63) is 152 Å². The summed E-state index contributed by atoms with van der Waals surface area (Å²) in [7, 11) is 0. The van der Waals surface area contributed by atoms with Gasteiger partial charge in [0, 0.05) is 40.8 Å². The standard InChI is InChI=1S/C37H25N3/c1-2-10-29(11-3-1)37-39-25-35(31-14-6-13-30(23-31)32-15-8-22-38-24-32)36(40-37)28-20-18-27(19-21-28)34-17-7-12-26-9-4-5-16-33(26)34/h1-25H. The molecule has 188 valence electrons. The first-order valence-corrected chi connectivity index (χ1v) is 13.4. The minimum atomic E-state index is 0.709. The molecule has 7 rings (SSSR count). The Morgan fingerprint density at radius 3 is 1.98 bits per heavy atom. The Hall–Kier alpha value is -5.41. The SMILES string of the molecule is c1ccc(-c2ncc(-c3cccc(-c4cccnc4)c3)c(-c3ccc(-c4cccc5ccccc45)cc3)n2)cc1. The van der Waals surface area contributed by atoms with Crippen LogP contribution in [-0.2, 0) is 0 Å². The molecule has 0 N–H and O–H groups in total. The van der Waals surface area contributed by atoms with Crippen LogP contribution in [0.3, 0.4) is 0 Å². The maximum absolute atomic E-state index is 5.12. The first-order valence-electron chi connectivity index (χ1n) is 13.4. The van der Waals surface area contributed by atoms with Crippen LogP contribution in [0.5, 0.6) is 0 Å². The third-order valence-electron chi connectivity index (χ3n) is 7.25. The zero-order valence-corrected chi connectivity index (χ0v) is 21.8. The van der Waals surface area contributed by atoms with Crippen LogP contribution in [0, 0.1) is 0 Å². The lowest BCUT2D eigenvalue weighted by molar-refractivity contribution is 1.18. The molecule has 2 aromatic heterocycles. The maximum atomic E-state index is 5.12. The zero-order chi connectivity index (χ0) is 26.7. The van der Waals surface area contributed by atoms with E-state index in [1.807, 2.05) is 48.8 Å². The largest absolute Gasteiger partial charge is 0.264 e. The number of hydrogen-bond acceptors (Lipinski definition) is 3. The highest BCUT2D eigenvalue weighted by atomic mass is 14.9. The predicted octanol–water partition coefficient (Wildman–Crippen LogP) is 9.36.